The van der Waals surface area contributed by atoms with Crippen LogP contribution in [-0.4, -0.2) is 5.78 Å². The third kappa shape index (κ3) is 3.71. The molecular formula is C19H28O. The molecule has 0 N–H and O–H groups in total. The lowest BCUT2D eigenvalue weighted by molar-refractivity contribution is -0.116. The summed E-state index contributed by atoms with van der Waals surface area (Å²) in [6.07, 6.45) is 5.79. The van der Waals surface area contributed by atoms with E-state index in [1.807, 2.05) is 0 Å². The molecule has 1 aliphatic rings. The van der Waals surface area contributed by atoms with Gasteiger partial charge in [-0.15, -0.1) is 0 Å². The highest BCUT2D eigenvalue weighted by Crippen LogP contribution is 2.43. The molecule has 0 spiro atoms. The monoisotopic (exact) mass is 272 g/mol. The highest BCUT2D eigenvalue weighted by atomic mass is 16.1. The Morgan fingerprint density at radius 1 is 1.10 bits per heavy atom. The fourth-order valence-corrected chi connectivity index (χ4v) is 3.63. The SMILES string of the molecule is CC(=O)Cc1ccccc1C1CCC(C(C)(C)C)CC1. The van der Waals surface area contributed by atoms with Gasteiger partial charge in [-0.2, -0.15) is 0 Å². The van der Waals surface area contributed by atoms with Crippen molar-refractivity contribution < 1.29 is 4.79 Å². The van der Waals surface area contributed by atoms with Crippen LogP contribution in [-0.2, 0) is 11.2 Å². The van der Waals surface area contributed by atoms with E-state index in [1.165, 1.54) is 36.8 Å². The first-order valence-electron chi connectivity index (χ1n) is 7.95. The molecule has 0 aromatic heterocycles. The van der Waals surface area contributed by atoms with Crippen molar-refractivity contribution in [3.05, 3.63) is 35.4 Å². The van der Waals surface area contributed by atoms with Crippen LogP contribution in [0.15, 0.2) is 24.3 Å². The average molecular weight is 272 g/mol. The van der Waals surface area contributed by atoms with Gasteiger partial charge >= 0.3 is 0 Å². The molecule has 0 amide bonds. The summed E-state index contributed by atoms with van der Waals surface area (Å²) in [5, 5.41) is 0. The molecule has 0 heterocycles. The highest BCUT2D eigenvalue weighted by molar-refractivity contribution is 5.78. The zero-order valence-corrected chi connectivity index (χ0v) is 13.4. The maximum Gasteiger partial charge on any atom is 0.134 e. The van der Waals surface area contributed by atoms with Crippen molar-refractivity contribution in [2.24, 2.45) is 11.3 Å². The molecule has 0 aliphatic heterocycles. The second kappa shape index (κ2) is 6.11. The van der Waals surface area contributed by atoms with Crippen LogP contribution in [0, 0.1) is 11.3 Å². The van der Waals surface area contributed by atoms with Gasteiger partial charge in [0.2, 0.25) is 0 Å². The predicted molar refractivity (Wildman–Crippen MR) is 85.0 cm³/mol. The minimum atomic E-state index is 0.265. The van der Waals surface area contributed by atoms with Crippen molar-refractivity contribution in [1.82, 2.24) is 0 Å². The minimum Gasteiger partial charge on any atom is -0.300 e. The first-order chi connectivity index (χ1) is 9.38. The van der Waals surface area contributed by atoms with Gasteiger partial charge in [-0.05, 0) is 61.0 Å². The number of carbonyl (C=O) groups excluding carboxylic acids is 1. The fraction of sp³-hybridized carbons (Fsp3) is 0.632. The molecule has 0 bridgehead atoms. The Morgan fingerprint density at radius 3 is 2.25 bits per heavy atom. The van der Waals surface area contributed by atoms with Gasteiger partial charge in [0.05, 0.1) is 0 Å². The summed E-state index contributed by atoms with van der Waals surface area (Å²) in [6.45, 7) is 8.78. The van der Waals surface area contributed by atoms with Gasteiger partial charge in [0.15, 0.2) is 0 Å². The molecule has 1 fully saturated rings. The maximum absolute atomic E-state index is 11.4. The zero-order chi connectivity index (χ0) is 14.8. The van der Waals surface area contributed by atoms with Crippen LogP contribution in [0.1, 0.15) is 70.4 Å². The molecule has 0 unspecified atom stereocenters. The molecule has 1 saturated carbocycles. The number of carbonyl (C=O) groups is 1. The lowest BCUT2D eigenvalue weighted by atomic mass is 9.68. The molecule has 0 atom stereocenters. The van der Waals surface area contributed by atoms with Gasteiger partial charge in [0.1, 0.15) is 5.78 Å². The van der Waals surface area contributed by atoms with Gasteiger partial charge in [-0.25, -0.2) is 0 Å². The molecule has 0 saturated heterocycles. The van der Waals surface area contributed by atoms with E-state index >= 15 is 0 Å². The average Bonchev–Trinajstić information content (AvgIpc) is 2.38. The minimum absolute atomic E-state index is 0.265. The normalized spacial score (nSPS) is 23.6. The lowest BCUT2D eigenvalue weighted by Crippen LogP contribution is -2.25. The second-order valence-electron chi connectivity index (χ2n) is 7.49. The zero-order valence-electron chi connectivity index (χ0n) is 13.4. The Hall–Kier alpha value is -1.11. The van der Waals surface area contributed by atoms with Crippen molar-refractivity contribution in [2.45, 2.75) is 65.7 Å². The molecule has 1 aliphatic carbocycles. The van der Waals surface area contributed by atoms with Crippen molar-refractivity contribution in [2.75, 3.05) is 0 Å². The first kappa shape index (κ1) is 15.3. The van der Waals surface area contributed by atoms with Crippen molar-refractivity contribution in [3.8, 4) is 0 Å². The molecule has 110 valence electrons. The van der Waals surface area contributed by atoms with Crippen LogP contribution in [0.25, 0.3) is 0 Å². The summed E-state index contributed by atoms with van der Waals surface area (Å²) in [7, 11) is 0. The maximum atomic E-state index is 11.4. The molecule has 1 nitrogen and oxygen atoms in total. The quantitative estimate of drug-likeness (QED) is 0.744. The van der Waals surface area contributed by atoms with E-state index in [9.17, 15) is 4.79 Å². The number of benzene rings is 1. The summed E-state index contributed by atoms with van der Waals surface area (Å²) in [5.41, 5.74) is 3.11. The standard InChI is InChI=1S/C19H28O/c1-14(20)13-16-7-5-6-8-18(16)15-9-11-17(12-10-15)19(2,3)4/h5-8,15,17H,9-13H2,1-4H3. The third-order valence-electron chi connectivity index (χ3n) is 4.89. The van der Waals surface area contributed by atoms with E-state index in [-0.39, 0.29) is 5.78 Å². The van der Waals surface area contributed by atoms with Crippen LogP contribution >= 0.6 is 0 Å². The largest absolute Gasteiger partial charge is 0.300 e. The van der Waals surface area contributed by atoms with Gasteiger partial charge in [-0.1, -0.05) is 45.0 Å². The van der Waals surface area contributed by atoms with Crippen molar-refractivity contribution in [3.63, 3.8) is 0 Å². The fourth-order valence-electron chi connectivity index (χ4n) is 3.63. The van der Waals surface area contributed by atoms with Gasteiger partial charge in [0, 0.05) is 6.42 Å². The smallest absolute Gasteiger partial charge is 0.134 e. The summed E-state index contributed by atoms with van der Waals surface area (Å²) in [6, 6.07) is 8.55. The molecule has 1 heteroatoms. The Labute approximate surface area is 123 Å². The van der Waals surface area contributed by atoms with E-state index in [0.717, 1.165) is 5.92 Å². The molecule has 2 rings (SSSR count). The first-order valence-corrected chi connectivity index (χ1v) is 7.95. The molecule has 1 aromatic carbocycles. The van der Waals surface area contributed by atoms with Crippen LogP contribution in [0.3, 0.4) is 0 Å². The second-order valence-corrected chi connectivity index (χ2v) is 7.49. The number of ketones is 1. The van der Waals surface area contributed by atoms with Crippen LogP contribution in [0.4, 0.5) is 0 Å². The summed E-state index contributed by atoms with van der Waals surface area (Å²) in [4.78, 5) is 11.4. The van der Waals surface area contributed by atoms with Crippen LogP contribution < -0.4 is 0 Å². The van der Waals surface area contributed by atoms with Crippen LogP contribution in [0.2, 0.25) is 0 Å². The van der Waals surface area contributed by atoms with E-state index in [0.29, 0.717) is 17.8 Å². The summed E-state index contributed by atoms with van der Waals surface area (Å²) in [5.74, 6) is 1.77. The van der Waals surface area contributed by atoms with E-state index in [2.05, 4.69) is 45.0 Å². The Morgan fingerprint density at radius 2 is 1.70 bits per heavy atom. The third-order valence-corrected chi connectivity index (χ3v) is 4.89. The summed E-state index contributed by atoms with van der Waals surface area (Å²) < 4.78 is 0. The number of Topliss-reactive ketones (excluding diaryl/α,β-unsaturated/α-hetero) is 1. The Bertz CT molecular complexity index is 459. The molecular weight excluding hydrogens is 244 g/mol. The van der Waals surface area contributed by atoms with Gasteiger partial charge in [0.25, 0.3) is 0 Å². The summed E-state index contributed by atoms with van der Waals surface area (Å²) >= 11 is 0. The van der Waals surface area contributed by atoms with Crippen molar-refractivity contribution in [1.29, 1.82) is 0 Å². The molecule has 0 radical (unpaired) electrons. The lowest BCUT2D eigenvalue weighted by Gasteiger charge is -2.37. The predicted octanol–water partition coefficient (Wildman–Crippen LogP) is 5.14. The van der Waals surface area contributed by atoms with Crippen LogP contribution in [0.5, 0.6) is 0 Å². The van der Waals surface area contributed by atoms with Crippen molar-refractivity contribution >= 4 is 5.78 Å². The highest BCUT2D eigenvalue weighted by Gasteiger charge is 2.30. The number of rotatable bonds is 3. The van der Waals surface area contributed by atoms with E-state index in [1.54, 1.807) is 6.92 Å². The Kier molecular flexibility index (Phi) is 4.67. The Balaban J connectivity index is 2.09. The topological polar surface area (TPSA) is 17.1 Å². The van der Waals surface area contributed by atoms with E-state index in [4.69, 9.17) is 0 Å². The van der Waals surface area contributed by atoms with Gasteiger partial charge in [-0.3, -0.25) is 4.79 Å². The van der Waals surface area contributed by atoms with Gasteiger partial charge < -0.3 is 0 Å². The van der Waals surface area contributed by atoms with E-state index < -0.39 is 0 Å². The number of hydrogen-bond donors (Lipinski definition) is 0. The number of hydrogen-bond acceptors (Lipinski definition) is 1. The molecule has 20 heavy (non-hydrogen) atoms. The molecule has 1 aromatic rings.